The number of likely N-dealkylation sites (tertiary alicyclic amines) is 2. The molecule has 4 amide bonds. The van der Waals surface area contributed by atoms with Gasteiger partial charge in [0.1, 0.15) is 0 Å². The van der Waals surface area contributed by atoms with E-state index < -0.39 is 0 Å². The normalized spacial score (nSPS) is 17.6. The van der Waals surface area contributed by atoms with Crippen LogP contribution in [-0.2, 0) is 4.79 Å². The highest BCUT2D eigenvalue weighted by Crippen LogP contribution is 2.12. The highest BCUT2D eigenvalue weighted by Gasteiger charge is 2.24. The molecule has 0 atom stereocenters. The van der Waals surface area contributed by atoms with Crippen LogP contribution in [0.5, 0.6) is 0 Å². The monoisotopic (exact) mass is 372 g/mol. The molecule has 2 fully saturated rings. The number of hydrogen-bond acceptors (Lipinski definition) is 3. The highest BCUT2D eigenvalue weighted by atomic mass is 16.2. The van der Waals surface area contributed by atoms with Gasteiger partial charge in [-0.15, -0.1) is 0 Å². The fourth-order valence-corrected chi connectivity index (χ4v) is 3.60. The molecule has 7 nitrogen and oxygen atoms in total. The van der Waals surface area contributed by atoms with E-state index in [0.29, 0.717) is 31.6 Å². The number of benzene rings is 1. The maximum atomic E-state index is 12.3. The van der Waals surface area contributed by atoms with E-state index in [9.17, 15) is 14.4 Å². The number of piperidine rings is 1. The van der Waals surface area contributed by atoms with Crippen LogP contribution >= 0.6 is 0 Å². The maximum Gasteiger partial charge on any atom is 0.317 e. The third-order valence-electron chi connectivity index (χ3n) is 5.23. The summed E-state index contributed by atoms with van der Waals surface area (Å²) < 4.78 is 0. The second-order valence-electron chi connectivity index (χ2n) is 7.17. The van der Waals surface area contributed by atoms with Crippen LogP contribution in [0, 0.1) is 0 Å². The standard InChI is InChI=1S/C20H28N4O3/c25-18(23-12-4-5-13-23)8-11-21-20(27)24-14-9-17(10-15-24)22-19(26)16-6-2-1-3-7-16/h1-3,6-7,17H,4-5,8-15H2,(H,21,27)(H,22,26). The quantitative estimate of drug-likeness (QED) is 0.824. The molecule has 0 spiro atoms. The molecule has 2 aliphatic heterocycles. The molecule has 0 aliphatic carbocycles. The third-order valence-corrected chi connectivity index (χ3v) is 5.23. The first-order valence-corrected chi connectivity index (χ1v) is 9.80. The topological polar surface area (TPSA) is 81.8 Å². The second-order valence-corrected chi connectivity index (χ2v) is 7.17. The largest absolute Gasteiger partial charge is 0.349 e. The van der Waals surface area contributed by atoms with Crippen LogP contribution in [0.3, 0.4) is 0 Å². The lowest BCUT2D eigenvalue weighted by Gasteiger charge is -2.32. The highest BCUT2D eigenvalue weighted by molar-refractivity contribution is 5.94. The summed E-state index contributed by atoms with van der Waals surface area (Å²) >= 11 is 0. The Morgan fingerprint density at radius 3 is 2.26 bits per heavy atom. The number of nitrogens with zero attached hydrogens (tertiary/aromatic N) is 2. The number of carbonyl (C=O) groups is 3. The lowest BCUT2D eigenvalue weighted by Crippen LogP contribution is -2.49. The van der Waals surface area contributed by atoms with Gasteiger partial charge in [-0.1, -0.05) is 18.2 Å². The zero-order chi connectivity index (χ0) is 19.1. The van der Waals surface area contributed by atoms with Crippen molar-refractivity contribution >= 4 is 17.8 Å². The minimum atomic E-state index is -0.128. The first-order chi connectivity index (χ1) is 13.1. The van der Waals surface area contributed by atoms with Crippen molar-refractivity contribution in [2.24, 2.45) is 0 Å². The average Bonchev–Trinajstić information content (AvgIpc) is 3.24. The van der Waals surface area contributed by atoms with Crippen LogP contribution in [0.15, 0.2) is 30.3 Å². The predicted molar refractivity (Wildman–Crippen MR) is 102 cm³/mol. The molecule has 2 N–H and O–H groups in total. The fourth-order valence-electron chi connectivity index (χ4n) is 3.60. The summed E-state index contributed by atoms with van der Waals surface area (Å²) in [5.74, 6) is 0.0501. The Morgan fingerprint density at radius 2 is 1.59 bits per heavy atom. The van der Waals surface area contributed by atoms with E-state index in [1.54, 1.807) is 17.0 Å². The van der Waals surface area contributed by atoms with Gasteiger partial charge in [-0.3, -0.25) is 9.59 Å². The van der Waals surface area contributed by atoms with Gasteiger partial charge in [-0.05, 0) is 37.8 Å². The SMILES string of the molecule is O=C(NC1CCN(C(=O)NCCC(=O)N2CCCC2)CC1)c1ccccc1. The van der Waals surface area contributed by atoms with Gasteiger partial charge in [0.2, 0.25) is 5.91 Å². The number of amides is 4. The van der Waals surface area contributed by atoms with Crippen LogP contribution in [0.4, 0.5) is 4.79 Å². The van der Waals surface area contributed by atoms with Crippen molar-refractivity contribution < 1.29 is 14.4 Å². The molecule has 2 aliphatic rings. The molecule has 3 rings (SSSR count). The lowest BCUT2D eigenvalue weighted by molar-refractivity contribution is -0.129. The third kappa shape index (κ3) is 5.45. The predicted octanol–water partition coefficient (Wildman–Crippen LogP) is 1.60. The van der Waals surface area contributed by atoms with Crippen molar-refractivity contribution in [3.8, 4) is 0 Å². The Kier molecular flexibility index (Phi) is 6.68. The van der Waals surface area contributed by atoms with Gasteiger partial charge >= 0.3 is 6.03 Å². The van der Waals surface area contributed by atoms with Gasteiger partial charge in [-0.25, -0.2) is 4.79 Å². The van der Waals surface area contributed by atoms with Crippen molar-refractivity contribution in [1.29, 1.82) is 0 Å². The van der Waals surface area contributed by atoms with E-state index in [2.05, 4.69) is 10.6 Å². The Labute approximate surface area is 160 Å². The number of hydrogen-bond donors (Lipinski definition) is 2. The van der Waals surface area contributed by atoms with Gasteiger partial charge in [-0.2, -0.15) is 0 Å². The Balaban J connectivity index is 1.34. The van der Waals surface area contributed by atoms with Gasteiger partial charge < -0.3 is 20.4 Å². The molecule has 0 bridgehead atoms. The average molecular weight is 372 g/mol. The Bertz CT molecular complexity index is 650. The molecule has 0 unspecified atom stereocenters. The number of nitrogens with one attached hydrogen (secondary N) is 2. The van der Waals surface area contributed by atoms with E-state index in [-0.39, 0.29) is 23.9 Å². The van der Waals surface area contributed by atoms with Crippen molar-refractivity contribution in [2.45, 2.75) is 38.1 Å². The van der Waals surface area contributed by atoms with Gasteiger partial charge in [0.25, 0.3) is 5.91 Å². The minimum absolute atomic E-state index is 0.0704. The summed E-state index contributed by atoms with van der Waals surface area (Å²) in [6.45, 7) is 3.26. The smallest absolute Gasteiger partial charge is 0.317 e. The lowest BCUT2D eigenvalue weighted by atomic mass is 10.0. The van der Waals surface area contributed by atoms with Crippen LogP contribution in [0.25, 0.3) is 0 Å². The molecule has 7 heteroatoms. The van der Waals surface area contributed by atoms with Crippen molar-refractivity contribution in [1.82, 2.24) is 20.4 Å². The van der Waals surface area contributed by atoms with Crippen LogP contribution in [-0.4, -0.2) is 66.4 Å². The second kappa shape index (κ2) is 9.39. The Morgan fingerprint density at radius 1 is 0.926 bits per heavy atom. The van der Waals surface area contributed by atoms with Gasteiger partial charge in [0.05, 0.1) is 0 Å². The summed E-state index contributed by atoms with van der Waals surface area (Å²) in [6.07, 6.45) is 3.98. The molecule has 1 aromatic rings. The van der Waals surface area contributed by atoms with Crippen molar-refractivity contribution in [2.75, 3.05) is 32.7 Å². The molecule has 0 radical (unpaired) electrons. The number of rotatable bonds is 5. The van der Waals surface area contributed by atoms with E-state index in [1.807, 2.05) is 23.1 Å². The molecule has 0 aromatic heterocycles. The minimum Gasteiger partial charge on any atom is -0.349 e. The first-order valence-electron chi connectivity index (χ1n) is 9.80. The van der Waals surface area contributed by atoms with E-state index in [1.165, 1.54) is 0 Å². The van der Waals surface area contributed by atoms with Crippen LogP contribution in [0.2, 0.25) is 0 Å². The molecule has 146 valence electrons. The molecule has 0 saturated carbocycles. The summed E-state index contributed by atoms with van der Waals surface area (Å²) in [7, 11) is 0. The Hall–Kier alpha value is -2.57. The van der Waals surface area contributed by atoms with Gasteiger partial charge in [0.15, 0.2) is 0 Å². The first kappa shape index (κ1) is 19.2. The summed E-state index contributed by atoms with van der Waals surface area (Å²) in [6, 6.07) is 9.11. The summed E-state index contributed by atoms with van der Waals surface area (Å²) in [5, 5.41) is 5.88. The zero-order valence-electron chi connectivity index (χ0n) is 15.7. The molecular weight excluding hydrogens is 344 g/mol. The number of urea groups is 1. The van der Waals surface area contributed by atoms with Crippen molar-refractivity contribution in [3.05, 3.63) is 35.9 Å². The molecule has 27 heavy (non-hydrogen) atoms. The van der Waals surface area contributed by atoms with Crippen LogP contribution < -0.4 is 10.6 Å². The van der Waals surface area contributed by atoms with E-state index >= 15 is 0 Å². The maximum absolute atomic E-state index is 12.3. The molecule has 1 aromatic carbocycles. The summed E-state index contributed by atoms with van der Waals surface area (Å²) in [5.41, 5.74) is 0.653. The van der Waals surface area contributed by atoms with E-state index in [4.69, 9.17) is 0 Å². The zero-order valence-corrected chi connectivity index (χ0v) is 15.7. The van der Waals surface area contributed by atoms with E-state index in [0.717, 1.165) is 38.8 Å². The fraction of sp³-hybridized carbons (Fsp3) is 0.550. The molecular formula is C20H28N4O3. The number of carbonyl (C=O) groups excluding carboxylic acids is 3. The van der Waals surface area contributed by atoms with Crippen molar-refractivity contribution in [3.63, 3.8) is 0 Å². The van der Waals surface area contributed by atoms with Crippen LogP contribution in [0.1, 0.15) is 42.5 Å². The molecule has 2 heterocycles. The van der Waals surface area contributed by atoms with Gasteiger partial charge in [0, 0.05) is 50.7 Å². The molecule has 2 saturated heterocycles. The summed E-state index contributed by atoms with van der Waals surface area (Å²) in [4.78, 5) is 40.1.